The van der Waals surface area contributed by atoms with Crippen molar-refractivity contribution in [1.82, 2.24) is 0 Å². The first-order valence-electron chi connectivity index (χ1n) is 13.0. The summed E-state index contributed by atoms with van der Waals surface area (Å²) in [5.74, 6) is 0. The maximum absolute atomic E-state index is 2.23. The molecular formula is C37H29N. The number of nitrogens with zero attached hydrogens (tertiary/aromatic N) is 1. The molecule has 0 saturated heterocycles. The Labute approximate surface area is 224 Å². The van der Waals surface area contributed by atoms with Crippen LogP contribution in [0.15, 0.2) is 133 Å². The number of anilines is 2. The summed E-state index contributed by atoms with van der Waals surface area (Å²) < 4.78 is 0. The Morgan fingerprint density at radius 2 is 0.711 bits per heavy atom. The highest BCUT2D eigenvalue weighted by Gasteiger charge is 2.04. The topological polar surface area (TPSA) is 3.24 Å². The molecule has 0 heterocycles. The van der Waals surface area contributed by atoms with Gasteiger partial charge in [-0.3, -0.25) is 0 Å². The molecule has 0 bridgehead atoms. The van der Waals surface area contributed by atoms with Crippen LogP contribution in [0.3, 0.4) is 0 Å². The van der Waals surface area contributed by atoms with Crippen molar-refractivity contribution in [3.8, 4) is 0 Å². The molecular weight excluding hydrogens is 458 g/mol. The second-order valence-corrected chi connectivity index (χ2v) is 9.62. The van der Waals surface area contributed by atoms with Gasteiger partial charge in [0.1, 0.15) is 0 Å². The molecule has 0 fully saturated rings. The quantitative estimate of drug-likeness (QED) is 0.211. The second-order valence-electron chi connectivity index (χ2n) is 9.62. The summed E-state index contributed by atoms with van der Waals surface area (Å²) >= 11 is 0. The minimum Gasteiger partial charge on any atom is -0.345 e. The Balaban J connectivity index is 1.11. The fraction of sp³-hybridized carbons (Fsp3) is 0.0270. The lowest BCUT2D eigenvalue weighted by atomic mass is 10.1. The van der Waals surface area contributed by atoms with Gasteiger partial charge in [0.25, 0.3) is 0 Å². The Morgan fingerprint density at radius 1 is 0.368 bits per heavy atom. The number of rotatable bonds is 6. The molecule has 0 spiro atoms. The normalized spacial score (nSPS) is 11.6. The molecule has 1 nitrogen and oxygen atoms in total. The van der Waals surface area contributed by atoms with Gasteiger partial charge in [-0.05, 0) is 80.2 Å². The second kappa shape index (κ2) is 10.6. The van der Waals surface area contributed by atoms with Gasteiger partial charge in [-0.25, -0.2) is 0 Å². The fourth-order valence-electron chi connectivity index (χ4n) is 4.77. The third-order valence-electron chi connectivity index (χ3n) is 7.04. The van der Waals surface area contributed by atoms with Crippen LogP contribution in [-0.4, -0.2) is 7.05 Å². The van der Waals surface area contributed by atoms with Crippen LogP contribution in [-0.2, 0) is 0 Å². The van der Waals surface area contributed by atoms with E-state index in [-0.39, 0.29) is 0 Å². The summed E-state index contributed by atoms with van der Waals surface area (Å²) in [4.78, 5) is 2.22. The average Bonchev–Trinajstić information content (AvgIpc) is 2.99. The van der Waals surface area contributed by atoms with Crippen molar-refractivity contribution in [3.05, 3.63) is 156 Å². The highest BCUT2D eigenvalue weighted by Crippen LogP contribution is 2.26. The lowest BCUT2D eigenvalue weighted by Gasteiger charge is -2.20. The van der Waals surface area contributed by atoms with Crippen LogP contribution in [0.4, 0.5) is 11.4 Å². The SMILES string of the molecule is CN(c1ccc(C=Cc2ccc3ccccc3c2)cc1)c1ccc(C=Cc2ccc3ccccc3c2)cc1. The van der Waals surface area contributed by atoms with Gasteiger partial charge in [-0.2, -0.15) is 0 Å². The zero-order valence-corrected chi connectivity index (χ0v) is 21.5. The lowest BCUT2D eigenvalue weighted by Crippen LogP contribution is -2.08. The van der Waals surface area contributed by atoms with Crippen molar-refractivity contribution in [3.63, 3.8) is 0 Å². The van der Waals surface area contributed by atoms with Crippen LogP contribution < -0.4 is 4.90 Å². The molecule has 0 atom stereocenters. The summed E-state index contributed by atoms with van der Waals surface area (Å²) in [5, 5.41) is 5.07. The number of fused-ring (bicyclic) bond motifs is 2. The fourth-order valence-corrected chi connectivity index (χ4v) is 4.77. The zero-order chi connectivity index (χ0) is 25.7. The van der Waals surface area contributed by atoms with E-state index >= 15 is 0 Å². The largest absolute Gasteiger partial charge is 0.345 e. The Morgan fingerprint density at radius 3 is 1.13 bits per heavy atom. The molecule has 6 rings (SSSR count). The van der Waals surface area contributed by atoms with E-state index in [0.717, 1.165) is 11.4 Å². The molecule has 0 aromatic heterocycles. The van der Waals surface area contributed by atoms with E-state index in [0.29, 0.717) is 0 Å². The van der Waals surface area contributed by atoms with Crippen LogP contribution >= 0.6 is 0 Å². The maximum atomic E-state index is 2.23. The third kappa shape index (κ3) is 5.28. The van der Waals surface area contributed by atoms with Crippen molar-refractivity contribution in [2.45, 2.75) is 0 Å². The molecule has 38 heavy (non-hydrogen) atoms. The van der Waals surface area contributed by atoms with Gasteiger partial charge >= 0.3 is 0 Å². The van der Waals surface area contributed by atoms with Crippen LogP contribution in [0.2, 0.25) is 0 Å². The summed E-state index contributed by atoms with van der Waals surface area (Å²) in [7, 11) is 2.11. The molecule has 0 N–H and O–H groups in total. The Hall–Kier alpha value is -4.88. The van der Waals surface area contributed by atoms with Gasteiger partial charge in [0.15, 0.2) is 0 Å². The molecule has 0 radical (unpaired) electrons. The number of hydrogen-bond donors (Lipinski definition) is 0. The monoisotopic (exact) mass is 487 g/mol. The van der Waals surface area contributed by atoms with Crippen molar-refractivity contribution < 1.29 is 0 Å². The summed E-state index contributed by atoms with van der Waals surface area (Å²) in [6.45, 7) is 0. The minimum absolute atomic E-state index is 1.16. The highest BCUT2D eigenvalue weighted by atomic mass is 15.1. The first-order chi connectivity index (χ1) is 18.7. The van der Waals surface area contributed by atoms with Crippen molar-refractivity contribution in [1.29, 1.82) is 0 Å². The average molecular weight is 488 g/mol. The van der Waals surface area contributed by atoms with Gasteiger partial charge in [0.2, 0.25) is 0 Å². The van der Waals surface area contributed by atoms with Crippen molar-refractivity contribution in [2.75, 3.05) is 11.9 Å². The summed E-state index contributed by atoms with van der Waals surface area (Å²) in [5.41, 5.74) is 7.10. The predicted octanol–water partition coefficient (Wildman–Crippen LogP) is 10.1. The Kier molecular flexibility index (Phi) is 6.57. The van der Waals surface area contributed by atoms with E-state index in [1.54, 1.807) is 0 Å². The van der Waals surface area contributed by atoms with E-state index in [9.17, 15) is 0 Å². The van der Waals surface area contributed by atoms with E-state index in [1.165, 1.54) is 43.8 Å². The van der Waals surface area contributed by atoms with Gasteiger partial charge < -0.3 is 4.90 Å². The van der Waals surface area contributed by atoms with Gasteiger partial charge in [-0.15, -0.1) is 0 Å². The Bertz CT molecular complexity index is 1620. The minimum atomic E-state index is 1.16. The predicted molar refractivity (Wildman–Crippen MR) is 167 cm³/mol. The van der Waals surface area contributed by atoms with Gasteiger partial charge in [0, 0.05) is 18.4 Å². The molecule has 1 heteroatoms. The smallest absolute Gasteiger partial charge is 0.0408 e. The first kappa shape index (κ1) is 23.5. The molecule has 0 aliphatic rings. The van der Waals surface area contributed by atoms with Crippen molar-refractivity contribution >= 4 is 57.2 Å². The van der Waals surface area contributed by atoms with Crippen LogP contribution in [0, 0.1) is 0 Å². The number of hydrogen-bond acceptors (Lipinski definition) is 1. The molecule has 182 valence electrons. The molecule has 0 saturated carbocycles. The van der Waals surface area contributed by atoms with Gasteiger partial charge in [0.05, 0.1) is 0 Å². The number of benzene rings is 6. The molecule has 0 aliphatic carbocycles. The molecule has 0 amide bonds. The van der Waals surface area contributed by atoms with Crippen molar-refractivity contribution in [2.24, 2.45) is 0 Å². The summed E-state index contributed by atoms with van der Waals surface area (Å²) in [6.07, 6.45) is 8.69. The maximum Gasteiger partial charge on any atom is 0.0408 e. The van der Waals surface area contributed by atoms with E-state index in [1.807, 2.05) is 0 Å². The van der Waals surface area contributed by atoms with E-state index in [4.69, 9.17) is 0 Å². The molecule has 6 aromatic carbocycles. The van der Waals surface area contributed by atoms with Crippen LogP contribution in [0.25, 0.3) is 45.8 Å². The highest BCUT2D eigenvalue weighted by molar-refractivity contribution is 5.87. The lowest BCUT2D eigenvalue weighted by molar-refractivity contribution is 1.21. The molecule has 0 unspecified atom stereocenters. The molecule has 6 aromatic rings. The standard InChI is InChI=1S/C37H29N/c1-38(36-22-16-28(17-23-36)10-12-30-14-20-32-6-2-4-8-34(32)26-30)37-24-18-29(19-25-37)11-13-31-15-21-33-7-3-5-9-35(33)27-31/h2-27H,1H3. The third-order valence-corrected chi connectivity index (χ3v) is 7.04. The van der Waals surface area contributed by atoms with E-state index in [2.05, 4.69) is 170 Å². The first-order valence-corrected chi connectivity index (χ1v) is 13.0. The zero-order valence-electron chi connectivity index (χ0n) is 21.5. The van der Waals surface area contributed by atoms with E-state index < -0.39 is 0 Å². The summed E-state index contributed by atoms with van der Waals surface area (Å²) in [6, 6.07) is 47.5. The van der Waals surface area contributed by atoms with Crippen LogP contribution in [0.1, 0.15) is 22.3 Å². The van der Waals surface area contributed by atoms with Crippen LogP contribution in [0.5, 0.6) is 0 Å². The van der Waals surface area contributed by atoms with Gasteiger partial charge in [-0.1, -0.05) is 121 Å². The molecule has 0 aliphatic heterocycles.